The summed E-state index contributed by atoms with van der Waals surface area (Å²) in [6, 6.07) is 8.96. The first kappa shape index (κ1) is 23.6. The fourth-order valence-electron chi connectivity index (χ4n) is 3.84. The number of halogens is 2. The van der Waals surface area contributed by atoms with Crippen LogP contribution in [0.5, 0.6) is 0 Å². The van der Waals surface area contributed by atoms with Crippen molar-refractivity contribution in [2.75, 3.05) is 39.8 Å². The second-order valence-electron chi connectivity index (χ2n) is 7.06. The number of aromatic nitrogens is 2. The molecule has 2 aromatic rings. The lowest BCUT2D eigenvalue weighted by Gasteiger charge is -2.27. The monoisotopic (exact) mass is 514 g/mol. The Labute approximate surface area is 190 Å². The lowest BCUT2D eigenvalue weighted by atomic mass is 10.2. The molecule has 2 heterocycles. The highest BCUT2D eigenvalue weighted by atomic mass is 127. The molecule has 0 saturated carbocycles. The number of hydrogen-bond acceptors (Lipinski definition) is 3. The van der Waals surface area contributed by atoms with Crippen LogP contribution < -0.4 is 5.32 Å². The van der Waals surface area contributed by atoms with Gasteiger partial charge in [0.15, 0.2) is 5.96 Å². The van der Waals surface area contributed by atoms with Crippen LogP contribution in [0.25, 0.3) is 5.69 Å². The van der Waals surface area contributed by atoms with Gasteiger partial charge in [-0.3, -0.25) is 9.89 Å². The zero-order chi connectivity index (χ0) is 19.9. The van der Waals surface area contributed by atoms with Gasteiger partial charge < -0.3 is 10.2 Å². The molecule has 1 aromatic heterocycles. The van der Waals surface area contributed by atoms with Gasteiger partial charge in [-0.2, -0.15) is 5.10 Å². The summed E-state index contributed by atoms with van der Waals surface area (Å²) in [5, 5.41) is 8.05. The Hall–Kier alpha value is -1.68. The summed E-state index contributed by atoms with van der Waals surface area (Å²) in [7, 11) is 1.84. The molecule has 0 aliphatic carbocycles. The summed E-state index contributed by atoms with van der Waals surface area (Å²) >= 11 is 0. The lowest BCUT2D eigenvalue weighted by molar-refractivity contribution is 0.223. The first-order chi connectivity index (χ1) is 13.6. The van der Waals surface area contributed by atoms with Crippen molar-refractivity contribution in [1.29, 1.82) is 0 Å². The van der Waals surface area contributed by atoms with Gasteiger partial charge in [0.05, 0.1) is 11.4 Å². The number of nitrogens with zero attached hydrogens (tertiary/aromatic N) is 5. The van der Waals surface area contributed by atoms with Crippen LogP contribution in [0, 0.1) is 5.82 Å². The summed E-state index contributed by atoms with van der Waals surface area (Å²) in [6.07, 6.45) is 3.90. The number of benzene rings is 1. The summed E-state index contributed by atoms with van der Waals surface area (Å²) in [4.78, 5) is 9.33. The number of likely N-dealkylation sites (tertiary alicyclic amines) is 1. The molecule has 0 spiro atoms. The Morgan fingerprint density at radius 3 is 2.62 bits per heavy atom. The van der Waals surface area contributed by atoms with E-state index in [4.69, 9.17) is 0 Å². The summed E-state index contributed by atoms with van der Waals surface area (Å²) < 4.78 is 14.8. The minimum atomic E-state index is -0.239. The van der Waals surface area contributed by atoms with Gasteiger partial charge in [-0.25, -0.2) is 9.07 Å². The van der Waals surface area contributed by atoms with E-state index >= 15 is 0 Å². The van der Waals surface area contributed by atoms with Crippen LogP contribution in [0.1, 0.15) is 26.0 Å². The quantitative estimate of drug-likeness (QED) is 0.351. The van der Waals surface area contributed by atoms with E-state index in [1.807, 2.05) is 19.3 Å². The summed E-state index contributed by atoms with van der Waals surface area (Å²) in [5.74, 6) is 0.726. The number of aliphatic imine (C=N–C) groups is 1. The highest BCUT2D eigenvalue weighted by Gasteiger charge is 2.27. The standard InChI is InChI=1S/C21H31FN6.HI/c1-4-26(5-2)20-12-14-27(16-20)21(23-3)24-13-10-18-11-15-28(25-18)19-8-6-17(22)7-9-19;/h6-9,11,15,20H,4-5,10,12-14,16H2,1-3H3,(H,23,24);1H. The van der Waals surface area contributed by atoms with Gasteiger partial charge >= 0.3 is 0 Å². The Bertz CT molecular complexity index is 772. The Balaban J connectivity index is 0.00000300. The normalized spacial score (nSPS) is 16.9. The predicted octanol–water partition coefficient (Wildman–Crippen LogP) is 3.16. The van der Waals surface area contributed by atoms with Gasteiger partial charge in [0, 0.05) is 45.3 Å². The molecule has 1 saturated heterocycles. The molecule has 3 rings (SSSR count). The molecule has 1 aliphatic heterocycles. The highest BCUT2D eigenvalue weighted by molar-refractivity contribution is 14.0. The molecule has 1 N–H and O–H groups in total. The number of nitrogens with one attached hydrogen (secondary N) is 1. The van der Waals surface area contributed by atoms with E-state index in [9.17, 15) is 4.39 Å². The van der Waals surface area contributed by atoms with Crippen LogP contribution in [0.4, 0.5) is 4.39 Å². The minimum Gasteiger partial charge on any atom is -0.356 e. The third kappa shape index (κ3) is 6.15. The molecule has 0 radical (unpaired) electrons. The SMILES string of the molecule is CCN(CC)C1CCN(C(=NC)NCCc2ccn(-c3ccc(F)cc3)n2)C1.I. The van der Waals surface area contributed by atoms with Crippen molar-refractivity contribution < 1.29 is 4.39 Å². The highest BCUT2D eigenvalue weighted by Crippen LogP contribution is 2.15. The molecule has 1 atom stereocenters. The number of hydrogen-bond donors (Lipinski definition) is 1. The fourth-order valence-corrected chi connectivity index (χ4v) is 3.84. The number of guanidine groups is 1. The molecular formula is C21H32FIN6. The summed E-state index contributed by atoms with van der Waals surface area (Å²) in [5.41, 5.74) is 1.85. The topological polar surface area (TPSA) is 48.7 Å². The van der Waals surface area contributed by atoms with Crippen LogP contribution >= 0.6 is 24.0 Å². The molecule has 0 bridgehead atoms. The van der Waals surface area contributed by atoms with E-state index in [1.54, 1.807) is 16.8 Å². The second kappa shape index (κ2) is 11.5. The second-order valence-corrected chi connectivity index (χ2v) is 7.06. The maximum absolute atomic E-state index is 13.1. The Morgan fingerprint density at radius 2 is 1.97 bits per heavy atom. The molecule has 1 unspecified atom stereocenters. The van der Waals surface area contributed by atoms with Gasteiger partial charge in [0.1, 0.15) is 5.82 Å². The smallest absolute Gasteiger partial charge is 0.193 e. The predicted molar refractivity (Wildman–Crippen MR) is 127 cm³/mol. The Morgan fingerprint density at radius 1 is 1.24 bits per heavy atom. The van der Waals surface area contributed by atoms with Crippen molar-refractivity contribution in [2.45, 2.75) is 32.7 Å². The van der Waals surface area contributed by atoms with Crippen molar-refractivity contribution in [1.82, 2.24) is 24.9 Å². The zero-order valence-corrected chi connectivity index (χ0v) is 19.8. The molecule has 8 heteroatoms. The van der Waals surface area contributed by atoms with Crippen LogP contribution in [0.2, 0.25) is 0 Å². The number of likely N-dealkylation sites (N-methyl/N-ethyl adjacent to an activating group) is 1. The Kier molecular flexibility index (Phi) is 9.35. The molecular weight excluding hydrogens is 482 g/mol. The van der Waals surface area contributed by atoms with E-state index in [0.29, 0.717) is 6.04 Å². The van der Waals surface area contributed by atoms with Crippen LogP contribution in [-0.2, 0) is 6.42 Å². The van der Waals surface area contributed by atoms with E-state index in [1.165, 1.54) is 18.6 Å². The van der Waals surface area contributed by atoms with Crippen LogP contribution in [0.15, 0.2) is 41.5 Å². The van der Waals surface area contributed by atoms with E-state index in [-0.39, 0.29) is 29.8 Å². The number of rotatable bonds is 7. The molecule has 0 amide bonds. The zero-order valence-electron chi connectivity index (χ0n) is 17.5. The van der Waals surface area contributed by atoms with Gasteiger partial charge in [0.25, 0.3) is 0 Å². The van der Waals surface area contributed by atoms with Gasteiger partial charge in [-0.05, 0) is 49.8 Å². The molecule has 1 aromatic carbocycles. The maximum atomic E-state index is 13.1. The van der Waals surface area contributed by atoms with Gasteiger partial charge in [-0.15, -0.1) is 24.0 Å². The van der Waals surface area contributed by atoms with Crippen molar-refractivity contribution in [2.24, 2.45) is 4.99 Å². The first-order valence-electron chi connectivity index (χ1n) is 10.1. The van der Waals surface area contributed by atoms with Crippen molar-refractivity contribution >= 4 is 29.9 Å². The van der Waals surface area contributed by atoms with Crippen LogP contribution in [0.3, 0.4) is 0 Å². The lowest BCUT2D eigenvalue weighted by Crippen LogP contribution is -2.43. The minimum absolute atomic E-state index is 0. The molecule has 6 nitrogen and oxygen atoms in total. The van der Waals surface area contributed by atoms with E-state index in [2.05, 4.69) is 39.1 Å². The van der Waals surface area contributed by atoms with Crippen molar-refractivity contribution in [3.05, 3.63) is 48.0 Å². The average molecular weight is 514 g/mol. The third-order valence-corrected chi connectivity index (χ3v) is 5.40. The fraction of sp³-hybridized carbons (Fsp3) is 0.524. The van der Waals surface area contributed by atoms with Gasteiger partial charge in [0.2, 0.25) is 0 Å². The molecule has 1 fully saturated rings. The van der Waals surface area contributed by atoms with E-state index in [0.717, 1.165) is 56.5 Å². The third-order valence-electron chi connectivity index (χ3n) is 5.40. The largest absolute Gasteiger partial charge is 0.356 e. The average Bonchev–Trinajstić information content (AvgIpc) is 3.37. The van der Waals surface area contributed by atoms with Crippen molar-refractivity contribution in [3.63, 3.8) is 0 Å². The van der Waals surface area contributed by atoms with Gasteiger partial charge in [-0.1, -0.05) is 13.8 Å². The summed E-state index contributed by atoms with van der Waals surface area (Å²) in [6.45, 7) is 9.49. The molecule has 160 valence electrons. The van der Waals surface area contributed by atoms with Crippen molar-refractivity contribution in [3.8, 4) is 5.69 Å². The molecule has 29 heavy (non-hydrogen) atoms. The maximum Gasteiger partial charge on any atom is 0.193 e. The molecule has 1 aliphatic rings. The van der Waals surface area contributed by atoms with Crippen LogP contribution in [-0.4, -0.2) is 71.4 Å². The van der Waals surface area contributed by atoms with E-state index < -0.39 is 0 Å². The first-order valence-corrected chi connectivity index (χ1v) is 10.1.